The number of benzene rings is 2. The molecular weight excluding hydrogens is 380 g/mol. The number of hydrogen-bond acceptors (Lipinski definition) is 5. The maximum absolute atomic E-state index is 12.5. The van der Waals surface area contributed by atoms with Gasteiger partial charge in [-0.25, -0.2) is 0 Å². The summed E-state index contributed by atoms with van der Waals surface area (Å²) in [5, 5.41) is 21.5. The lowest BCUT2D eigenvalue weighted by atomic mass is 9.86. The molecule has 1 aliphatic carbocycles. The summed E-state index contributed by atoms with van der Waals surface area (Å²) >= 11 is 0. The molecule has 2 aromatic carbocycles. The van der Waals surface area contributed by atoms with Gasteiger partial charge in [-0.3, -0.25) is 4.79 Å². The van der Waals surface area contributed by atoms with Gasteiger partial charge in [0.2, 0.25) is 0 Å². The minimum Gasteiger partial charge on any atom is -0.481 e. The molecule has 7 heteroatoms. The monoisotopic (exact) mass is 408 g/mol. The van der Waals surface area contributed by atoms with E-state index in [2.05, 4.69) is 22.4 Å². The van der Waals surface area contributed by atoms with Gasteiger partial charge in [-0.05, 0) is 55.0 Å². The highest BCUT2D eigenvalue weighted by Gasteiger charge is 2.23. The van der Waals surface area contributed by atoms with Crippen LogP contribution in [0.5, 0.6) is 5.75 Å². The number of nitrogens with one attached hydrogen (secondary N) is 1. The van der Waals surface area contributed by atoms with Crippen LogP contribution in [-0.2, 0) is 11.2 Å². The predicted octanol–water partition coefficient (Wildman–Crippen LogP) is 3.03. The van der Waals surface area contributed by atoms with Crippen LogP contribution in [0.25, 0.3) is 16.7 Å². The summed E-state index contributed by atoms with van der Waals surface area (Å²) in [5.41, 5.74) is 3.15. The molecule has 1 saturated carbocycles. The number of carbonyl (C=O) groups excluding carboxylic acids is 1. The van der Waals surface area contributed by atoms with Gasteiger partial charge in [0, 0.05) is 12.6 Å². The quantitative estimate of drug-likeness (QED) is 0.627. The number of ether oxygens (including phenoxy) is 1. The first-order valence-corrected chi connectivity index (χ1v) is 10.6. The number of rotatable bonds is 7. The summed E-state index contributed by atoms with van der Waals surface area (Å²) in [5.74, 6) is 0.915. The zero-order chi connectivity index (χ0) is 20.9. The Morgan fingerprint density at radius 3 is 2.60 bits per heavy atom. The number of fused-ring (bicyclic) bond motifs is 1. The number of aliphatic hydroxyl groups is 1. The van der Waals surface area contributed by atoms with Crippen LogP contribution in [-0.4, -0.2) is 45.3 Å². The van der Waals surface area contributed by atoms with Crippen LogP contribution in [0.2, 0.25) is 0 Å². The van der Waals surface area contributed by atoms with Crippen molar-refractivity contribution in [3.8, 4) is 11.4 Å². The second-order valence-electron chi connectivity index (χ2n) is 7.98. The Bertz CT molecular complexity index is 984. The summed E-state index contributed by atoms with van der Waals surface area (Å²) in [6, 6.07) is 13.4. The average molecular weight is 409 g/mol. The lowest BCUT2D eigenvalue weighted by molar-refractivity contribution is -0.124. The smallest absolute Gasteiger partial charge is 0.258 e. The Balaban J connectivity index is 1.52. The molecular formula is C23H28N4O3. The van der Waals surface area contributed by atoms with Gasteiger partial charge in [0.1, 0.15) is 22.5 Å². The number of aliphatic hydroxyl groups excluding tert-OH is 1. The molecule has 0 spiro atoms. The first-order valence-electron chi connectivity index (χ1n) is 10.6. The molecule has 1 aromatic heterocycles. The van der Waals surface area contributed by atoms with Crippen molar-refractivity contribution in [3.63, 3.8) is 0 Å². The standard InChI is InChI=1S/C23H28N4O3/c1-16-6-2-3-7-18(16)24-23(29)15-30-22-11-10-17(12-13-28)14-21(22)27-25-19-8-4-5-9-20(19)26-27/h4-5,8-11,14,16,18,28H,2-3,6-7,12-13,15H2,1H3,(H,24,29). The summed E-state index contributed by atoms with van der Waals surface area (Å²) in [6.07, 6.45) is 5.09. The largest absolute Gasteiger partial charge is 0.481 e. The fourth-order valence-corrected chi connectivity index (χ4v) is 4.02. The zero-order valence-electron chi connectivity index (χ0n) is 17.3. The van der Waals surface area contributed by atoms with Crippen LogP contribution in [0.3, 0.4) is 0 Å². The second kappa shape index (κ2) is 9.26. The van der Waals surface area contributed by atoms with Crippen molar-refractivity contribution in [2.45, 2.75) is 45.1 Å². The van der Waals surface area contributed by atoms with Crippen molar-refractivity contribution < 1.29 is 14.6 Å². The normalized spacial score (nSPS) is 19.0. The molecule has 1 fully saturated rings. The third-order valence-electron chi connectivity index (χ3n) is 5.74. The van der Waals surface area contributed by atoms with Crippen LogP contribution >= 0.6 is 0 Å². The highest BCUT2D eigenvalue weighted by molar-refractivity contribution is 5.78. The Labute approximate surface area is 176 Å². The van der Waals surface area contributed by atoms with Crippen molar-refractivity contribution in [2.24, 2.45) is 5.92 Å². The van der Waals surface area contributed by atoms with E-state index >= 15 is 0 Å². The number of aromatic nitrogens is 3. The van der Waals surface area contributed by atoms with E-state index in [0.717, 1.165) is 35.9 Å². The summed E-state index contributed by atoms with van der Waals surface area (Å²) in [4.78, 5) is 14.0. The molecule has 1 heterocycles. The Morgan fingerprint density at radius 1 is 1.17 bits per heavy atom. The summed E-state index contributed by atoms with van der Waals surface area (Å²) in [6.45, 7) is 2.18. The zero-order valence-corrected chi connectivity index (χ0v) is 17.3. The minimum atomic E-state index is -0.113. The molecule has 0 bridgehead atoms. The van der Waals surface area contributed by atoms with Gasteiger partial charge >= 0.3 is 0 Å². The van der Waals surface area contributed by atoms with Crippen LogP contribution in [0.4, 0.5) is 0 Å². The summed E-state index contributed by atoms with van der Waals surface area (Å²) < 4.78 is 5.88. The lowest BCUT2D eigenvalue weighted by Crippen LogP contribution is -2.43. The summed E-state index contributed by atoms with van der Waals surface area (Å²) in [7, 11) is 0. The third-order valence-corrected chi connectivity index (χ3v) is 5.74. The molecule has 2 atom stereocenters. The van der Waals surface area contributed by atoms with Gasteiger partial charge in [0.15, 0.2) is 6.61 Å². The van der Waals surface area contributed by atoms with Crippen LogP contribution < -0.4 is 10.1 Å². The van der Waals surface area contributed by atoms with Gasteiger partial charge in [-0.2, -0.15) is 0 Å². The molecule has 158 valence electrons. The molecule has 30 heavy (non-hydrogen) atoms. The predicted molar refractivity (Wildman–Crippen MR) is 115 cm³/mol. The average Bonchev–Trinajstić information content (AvgIpc) is 3.19. The van der Waals surface area contributed by atoms with Crippen molar-refractivity contribution in [3.05, 3.63) is 48.0 Å². The van der Waals surface area contributed by atoms with Gasteiger partial charge in [-0.15, -0.1) is 15.0 Å². The van der Waals surface area contributed by atoms with Gasteiger partial charge in [0.05, 0.1) is 0 Å². The highest BCUT2D eigenvalue weighted by atomic mass is 16.5. The number of nitrogens with zero attached hydrogens (tertiary/aromatic N) is 3. The SMILES string of the molecule is CC1CCCCC1NC(=O)COc1ccc(CCO)cc1-n1nc2ccccc2n1. The molecule has 1 aliphatic rings. The van der Waals surface area contributed by atoms with E-state index < -0.39 is 0 Å². The first-order chi connectivity index (χ1) is 14.6. The van der Waals surface area contributed by atoms with E-state index in [1.807, 2.05) is 42.5 Å². The van der Waals surface area contributed by atoms with Gasteiger partial charge in [-0.1, -0.05) is 38.0 Å². The molecule has 2 N–H and O–H groups in total. The van der Waals surface area contributed by atoms with Crippen LogP contribution in [0.1, 0.15) is 38.2 Å². The Morgan fingerprint density at radius 2 is 1.90 bits per heavy atom. The fourth-order valence-electron chi connectivity index (χ4n) is 4.02. The van der Waals surface area contributed by atoms with E-state index in [9.17, 15) is 9.90 Å². The van der Waals surface area contributed by atoms with E-state index in [-0.39, 0.29) is 25.2 Å². The third kappa shape index (κ3) is 4.62. The highest BCUT2D eigenvalue weighted by Crippen LogP contribution is 2.26. The molecule has 3 aromatic rings. The molecule has 0 aliphatic heterocycles. The molecule has 1 amide bonds. The minimum absolute atomic E-state index is 0.0517. The Kier molecular flexibility index (Phi) is 6.28. The lowest BCUT2D eigenvalue weighted by Gasteiger charge is -2.29. The molecule has 4 rings (SSSR count). The molecule has 7 nitrogen and oxygen atoms in total. The number of hydrogen-bond donors (Lipinski definition) is 2. The molecule has 2 unspecified atom stereocenters. The van der Waals surface area contributed by atoms with E-state index in [1.54, 1.807) is 0 Å². The van der Waals surface area contributed by atoms with Crippen molar-refractivity contribution in [1.29, 1.82) is 0 Å². The maximum atomic E-state index is 12.5. The number of amides is 1. The van der Waals surface area contributed by atoms with Gasteiger partial charge < -0.3 is 15.2 Å². The fraction of sp³-hybridized carbons (Fsp3) is 0.435. The Hall–Kier alpha value is -2.93. The molecule has 0 saturated heterocycles. The maximum Gasteiger partial charge on any atom is 0.258 e. The van der Waals surface area contributed by atoms with Crippen LogP contribution in [0, 0.1) is 5.92 Å². The molecule has 0 radical (unpaired) electrons. The topological polar surface area (TPSA) is 89.3 Å². The first kappa shape index (κ1) is 20.3. The number of carbonyl (C=O) groups is 1. The second-order valence-corrected chi connectivity index (χ2v) is 7.98. The van der Waals surface area contributed by atoms with Crippen molar-refractivity contribution >= 4 is 16.9 Å². The van der Waals surface area contributed by atoms with E-state index in [1.165, 1.54) is 11.2 Å². The van der Waals surface area contributed by atoms with E-state index in [0.29, 0.717) is 23.8 Å². The van der Waals surface area contributed by atoms with E-state index in [4.69, 9.17) is 4.74 Å². The van der Waals surface area contributed by atoms with Crippen LogP contribution in [0.15, 0.2) is 42.5 Å². The van der Waals surface area contributed by atoms with Crippen molar-refractivity contribution in [2.75, 3.05) is 13.2 Å². The van der Waals surface area contributed by atoms with Gasteiger partial charge in [0.25, 0.3) is 5.91 Å². The van der Waals surface area contributed by atoms with Crippen molar-refractivity contribution in [1.82, 2.24) is 20.3 Å².